The number of aromatic nitrogens is 3. The van der Waals surface area contributed by atoms with Gasteiger partial charge >= 0.3 is 0 Å². The summed E-state index contributed by atoms with van der Waals surface area (Å²) in [4.78, 5) is 4.17. The van der Waals surface area contributed by atoms with Crippen molar-refractivity contribution in [2.24, 2.45) is 0 Å². The highest BCUT2D eigenvalue weighted by atomic mass is 16.5. The number of benzene rings is 2. The standard InChI is InChI=1S/C19H15N3O/c1-2-4-14(5-3-1)13-23-16-8-6-15(7-9-16)19-17-12-20-11-10-18(17)21-22-19/h1-12H,13H2,(H,21,22). The van der Waals surface area contributed by atoms with E-state index in [2.05, 4.69) is 27.3 Å². The average molecular weight is 301 g/mol. The summed E-state index contributed by atoms with van der Waals surface area (Å²) in [6.07, 6.45) is 3.58. The van der Waals surface area contributed by atoms with Crippen LogP contribution in [-0.2, 0) is 6.61 Å². The van der Waals surface area contributed by atoms with Crippen LogP contribution < -0.4 is 4.74 Å². The summed E-state index contributed by atoms with van der Waals surface area (Å²) in [5.41, 5.74) is 4.08. The number of hydrogen-bond acceptors (Lipinski definition) is 3. The lowest BCUT2D eigenvalue weighted by molar-refractivity contribution is 0.306. The van der Waals surface area contributed by atoms with Crippen molar-refractivity contribution in [1.82, 2.24) is 15.2 Å². The monoisotopic (exact) mass is 301 g/mol. The third-order valence-corrected chi connectivity index (χ3v) is 3.74. The van der Waals surface area contributed by atoms with E-state index in [9.17, 15) is 0 Å². The zero-order chi connectivity index (χ0) is 15.5. The summed E-state index contributed by atoms with van der Waals surface area (Å²) in [7, 11) is 0. The Bertz CT molecular complexity index is 914. The maximum absolute atomic E-state index is 5.81. The predicted molar refractivity (Wildman–Crippen MR) is 90.1 cm³/mol. The van der Waals surface area contributed by atoms with Crippen LogP contribution in [0, 0.1) is 0 Å². The summed E-state index contributed by atoms with van der Waals surface area (Å²) < 4.78 is 5.81. The molecule has 0 saturated heterocycles. The molecule has 0 spiro atoms. The maximum Gasteiger partial charge on any atom is 0.119 e. The molecule has 4 heteroatoms. The van der Waals surface area contributed by atoms with Crippen molar-refractivity contribution < 1.29 is 4.74 Å². The molecule has 0 fully saturated rings. The van der Waals surface area contributed by atoms with Crippen LogP contribution in [0.4, 0.5) is 0 Å². The second-order valence-electron chi connectivity index (χ2n) is 5.29. The Morgan fingerprint density at radius 3 is 2.57 bits per heavy atom. The number of aromatic amines is 1. The normalized spacial score (nSPS) is 10.8. The van der Waals surface area contributed by atoms with Crippen molar-refractivity contribution in [2.75, 3.05) is 0 Å². The van der Waals surface area contributed by atoms with Crippen LogP contribution in [0.2, 0.25) is 0 Å². The number of rotatable bonds is 4. The molecule has 0 aliphatic carbocycles. The van der Waals surface area contributed by atoms with Gasteiger partial charge < -0.3 is 4.74 Å². The molecule has 2 aromatic heterocycles. The van der Waals surface area contributed by atoms with E-state index in [1.54, 1.807) is 6.20 Å². The third-order valence-electron chi connectivity index (χ3n) is 3.74. The Morgan fingerprint density at radius 1 is 0.913 bits per heavy atom. The van der Waals surface area contributed by atoms with Crippen molar-refractivity contribution >= 4 is 10.9 Å². The molecule has 4 aromatic rings. The molecule has 0 bridgehead atoms. The molecule has 0 radical (unpaired) electrons. The first kappa shape index (κ1) is 13.5. The van der Waals surface area contributed by atoms with E-state index in [1.807, 2.05) is 54.7 Å². The fourth-order valence-electron chi connectivity index (χ4n) is 2.53. The van der Waals surface area contributed by atoms with Gasteiger partial charge in [0.05, 0.1) is 5.52 Å². The van der Waals surface area contributed by atoms with Gasteiger partial charge in [0, 0.05) is 23.3 Å². The van der Waals surface area contributed by atoms with Gasteiger partial charge in [-0.25, -0.2) is 0 Å². The number of ether oxygens (including phenoxy) is 1. The minimum atomic E-state index is 0.565. The first-order valence-electron chi connectivity index (χ1n) is 7.45. The zero-order valence-corrected chi connectivity index (χ0v) is 12.4. The summed E-state index contributed by atoms with van der Waals surface area (Å²) in [5.74, 6) is 0.843. The minimum absolute atomic E-state index is 0.565. The highest BCUT2D eigenvalue weighted by Crippen LogP contribution is 2.27. The number of fused-ring (bicyclic) bond motifs is 1. The lowest BCUT2D eigenvalue weighted by Gasteiger charge is -2.07. The molecule has 0 aliphatic heterocycles. The van der Waals surface area contributed by atoms with E-state index < -0.39 is 0 Å². The van der Waals surface area contributed by atoms with Gasteiger partial charge in [-0.15, -0.1) is 0 Å². The minimum Gasteiger partial charge on any atom is -0.489 e. The Morgan fingerprint density at radius 2 is 1.74 bits per heavy atom. The van der Waals surface area contributed by atoms with Crippen LogP contribution in [0.25, 0.3) is 22.2 Å². The molecule has 0 aliphatic rings. The zero-order valence-electron chi connectivity index (χ0n) is 12.4. The van der Waals surface area contributed by atoms with Gasteiger partial charge in [-0.2, -0.15) is 5.10 Å². The van der Waals surface area contributed by atoms with E-state index >= 15 is 0 Å². The summed E-state index contributed by atoms with van der Waals surface area (Å²) in [5, 5.41) is 8.43. The summed E-state index contributed by atoms with van der Waals surface area (Å²) in [6, 6.07) is 20.0. The summed E-state index contributed by atoms with van der Waals surface area (Å²) in [6.45, 7) is 0.565. The fourth-order valence-corrected chi connectivity index (χ4v) is 2.53. The predicted octanol–water partition coefficient (Wildman–Crippen LogP) is 4.20. The Kier molecular flexibility index (Phi) is 3.48. The third kappa shape index (κ3) is 2.79. The van der Waals surface area contributed by atoms with E-state index in [0.717, 1.165) is 33.5 Å². The van der Waals surface area contributed by atoms with E-state index in [4.69, 9.17) is 4.74 Å². The lowest BCUT2D eigenvalue weighted by atomic mass is 10.1. The van der Waals surface area contributed by atoms with Gasteiger partial charge in [0.15, 0.2) is 0 Å². The molecular formula is C19H15N3O. The molecule has 0 saturated carbocycles. The summed E-state index contributed by atoms with van der Waals surface area (Å²) >= 11 is 0. The highest BCUT2D eigenvalue weighted by Gasteiger charge is 2.08. The topological polar surface area (TPSA) is 50.8 Å². The fraction of sp³-hybridized carbons (Fsp3) is 0.0526. The van der Waals surface area contributed by atoms with Gasteiger partial charge in [-0.1, -0.05) is 30.3 Å². The number of pyridine rings is 1. The van der Waals surface area contributed by atoms with Gasteiger partial charge in [-0.3, -0.25) is 10.1 Å². The Hall–Kier alpha value is -3.14. The Balaban J connectivity index is 1.54. The molecule has 23 heavy (non-hydrogen) atoms. The van der Waals surface area contributed by atoms with Crippen molar-refractivity contribution in [3.8, 4) is 17.0 Å². The van der Waals surface area contributed by atoms with Crippen molar-refractivity contribution in [3.63, 3.8) is 0 Å². The molecule has 0 amide bonds. The van der Waals surface area contributed by atoms with Gasteiger partial charge in [0.25, 0.3) is 0 Å². The second-order valence-corrected chi connectivity index (χ2v) is 5.29. The SMILES string of the molecule is c1ccc(COc2ccc(-c3n[nH]c4ccncc34)cc2)cc1. The Labute approximate surface area is 133 Å². The molecule has 0 unspecified atom stereocenters. The first-order chi connectivity index (χ1) is 11.4. The average Bonchev–Trinajstić information content (AvgIpc) is 3.05. The van der Waals surface area contributed by atoms with Gasteiger partial charge in [0.1, 0.15) is 18.1 Å². The maximum atomic E-state index is 5.81. The molecule has 4 nitrogen and oxygen atoms in total. The van der Waals surface area contributed by atoms with Crippen LogP contribution in [0.1, 0.15) is 5.56 Å². The van der Waals surface area contributed by atoms with Crippen LogP contribution in [0.3, 0.4) is 0 Å². The lowest BCUT2D eigenvalue weighted by Crippen LogP contribution is -1.94. The molecule has 2 heterocycles. The van der Waals surface area contributed by atoms with E-state index in [-0.39, 0.29) is 0 Å². The second kappa shape index (κ2) is 5.93. The van der Waals surface area contributed by atoms with Crippen LogP contribution >= 0.6 is 0 Å². The first-order valence-corrected chi connectivity index (χ1v) is 7.45. The van der Waals surface area contributed by atoms with E-state index in [0.29, 0.717) is 6.61 Å². The molecule has 112 valence electrons. The highest BCUT2D eigenvalue weighted by molar-refractivity contribution is 5.92. The molecule has 4 rings (SSSR count). The van der Waals surface area contributed by atoms with Crippen LogP contribution in [0.5, 0.6) is 5.75 Å². The number of nitrogens with zero attached hydrogens (tertiary/aromatic N) is 2. The quantitative estimate of drug-likeness (QED) is 0.614. The largest absolute Gasteiger partial charge is 0.489 e. The molecule has 0 atom stereocenters. The van der Waals surface area contributed by atoms with Gasteiger partial charge in [-0.05, 0) is 35.9 Å². The number of H-pyrrole nitrogens is 1. The van der Waals surface area contributed by atoms with Crippen molar-refractivity contribution in [3.05, 3.63) is 78.6 Å². The van der Waals surface area contributed by atoms with Crippen LogP contribution in [0.15, 0.2) is 73.1 Å². The smallest absolute Gasteiger partial charge is 0.119 e. The van der Waals surface area contributed by atoms with E-state index in [1.165, 1.54) is 0 Å². The molecular weight excluding hydrogens is 286 g/mol. The van der Waals surface area contributed by atoms with Gasteiger partial charge in [0.2, 0.25) is 0 Å². The number of nitrogens with one attached hydrogen (secondary N) is 1. The molecule has 1 N–H and O–H groups in total. The number of hydrogen-bond donors (Lipinski definition) is 1. The van der Waals surface area contributed by atoms with Crippen molar-refractivity contribution in [2.45, 2.75) is 6.61 Å². The molecule has 2 aromatic carbocycles. The van der Waals surface area contributed by atoms with Crippen LogP contribution in [-0.4, -0.2) is 15.2 Å². The van der Waals surface area contributed by atoms with Crippen molar-refractivity contribution in [1.29, 1.82) is 0 Å².